The van der Waals surface area contributed by atoms with Crippen molar-refractivity contribution in [2.45, 2.75) is 58.8 Å². The molecule has 0 aliphatic carbocycles. The molecule has 44 heavy (non-hydrogen) atoms. The Labute approximate surface area is 256 Å². The third kappa shape index (κ3) is 9.42. The molecular weight excluding hydrogens is 572 g/mol. The maximum atomic E-state index is 14.2. The van der Waals surface area contributed by atoms with Gasteiger partial charge in [0.25, 0.3) is 5.91 Å². The molecule has 3 rings (SSSR count). The molecule has 0 aromatic heterocycles. The van der Waals surface area contributed by atoms with Gasteiger partial charge in [0, 0.05) is 18.9 Å². The molecule has 0 saturated heterocycles. The lowest BCUT2D eigenvalue weighted by atomic mass is 9.86. The van der Waals surface area contributed by atoms with Crippen molar-refractivity contribution >= 4 is 23.6 Å². The van der Waals surface area contributed by atoms with Crippen molar-refractivity contribution < 1.29 is 32.7 Å². The van der Waals surface area contributed by atoms with Crippen LogP contribution >= 0.6 is 0 Å². The molecule has 3 N–H and O–H groups in total. The van der Waals surface area contributed by atoms with E-state index in [0.29, 0.717) is 0 Å². The molecule has 1 heterocycles. The number of rotatable bonds is 13. The van der Waals surface area contributed by atoms with Gasteiger partial charge in [-0.1, -0.05) is 51.1 Å². The molecule has 238 valence electrons. The topological polar surface area (TPSA) is 120 Å². The van der Waals surface area contributed by atoms with E-state index < -0.39 is 59.4 Å². The number of hydrogen-bond donors (Lipinski definition) is 3. The molecule has 0 bridgehead atoms. The van der Waals surface area contributed by atoms with Gasteiger partial charge in [0.1, 0.15) is 23.7 Å². The minimum absolute atomic E-state index is 0.0433. The molecule has 2 aromatic rings. The summed E-state index contributed by atoms with van der Waals surface area (Å²) in [6.07, 6.45) is 2.85. The summed E-state index contributed by atoms with van der Waals surface area (Å²) in [5, 5.41) is 8.14. The molecule has 0 unspecified atom stereocenters. The highest BCUT2D eigenvalue weighted by Crippen LogP contribution is 2.20. The molecule has 0 radical (unpaired) electrons. The van der Waals surface area contributed by atoms with E-state index in [1.54, 1.807) is 34.7 Å². The first-order chi connectivity index (χ1) is 20.8. The summed E-state index contributed by atoms with van der Waals surface area (Å²) in [5.41, 5.74) is 0.332. The first-order valence-corrected chi connectivity index (χ1v) is 14.4. The summed E-state index contributed by atoms with van der Waals surface area (Å²) >= 11 is 0. The van der Waals surface area contributed by atoms with E-state index >= 15 is 0 Å². The number of carbonyl (C=O) groups is 4. The highest BCUT2D eigenvalue weighted by Gasteiger charge is 2.37. The van der Waals surface area contributed by atoms with Crippen LogP contribution in [0.3, 0.4) is 0 Å². The summed E-state index contributed by atoms with van der Waals surface area (Å²) in [4.78, 5) is 55.0. The fourth-order valence-corrected chi connectivity index (χ4v) is 4.50. The molecule has 10 nitrogen and oxygen atoms in total. The molecule has 0 spiro atoms. The van der Waals surface area contributed by atoms with Crippen LogP contribution in [0.2, 0.25) is 0 Å². The summed E-state index contributed by atoms with van der Waals surface area (Å²) in [6, 6.07) is 9.90. The lowest BCUT2D eigenvalue weighted by Crippen LogP contribution is -2.58. The van der Waals surface area contributed by atoms with Crippen LogP contribution in [0.4, 0.5) is 8.78 Å². The monoisotopic (exact) mass is 613 g/mol. The zero-order chi connectivity index (χ0) is 32.4. The number of nitrogens with zero attached hydrogens (tertiary/aromatic N) is 2. The second-order valence-corrected chi connectivity index (χ2v) is 11.7. The number of amides is 4. The maximum absolute atomic E-state index is 14.2. The Morgan fingerprint density at radius 3 is 2.39 bits per heavy atom. The van der Waals surface area contributed by atoms with E-state index in [1.165, 1.54) is 22.2 Å². The van der Waals surface area contributed by atoms with Gasteiger partial charge in [-0.15, -0.1) is 0 Å². The van der Waals surface area contributed by atoms with Gasteiger partial charge in [-0.05, 0) is 55.1 Å². The van der Waals surface area contributed by atoms with E-state index in [9.17, 15) is 28.0 Å². The standard InChI is InChI=1S/C32H41F2N5O5/c1-21(35-5)29(41)37-28(32(2,3)4)30(42)36-18-27(40)39-16-15-38(14-13-23-17-24(33)11-12-25(23)34)31(43)26(39)20-44-19-22-9-7-6-8-10-22/h6-12,15-17,21,26,28,35H,13-14,18-20H2,1-5H3,(H,36,42)(H,37,41)/t21-,26-,28+/m0/s1. The molecule has 4 amide bonds. The Hall–Kier alpha value is -4.16. The van der Waals surface area contributed by atoms with Gasteiger partial charge in [-0.3, -0.25) is 19.2 Å². The molecule has 0 fully saturated rings. The van der Waals surface area contributed by atoms with Crippen LogP contribution in [0.15, 0.2) is 60.9 Å². The third-order valence-electron chi connectivity index (χ3n) is 7.27. The molecular formula is C32H41F2N5O5. The third-order valence-corrected chi connectivity index (χ3v) is 7.27. The minimum atomic E-state index is -1.07. The highest BCUT2D eigenvalue weighted by atomic mass is 19.1. The predicted octanol–water partition coefficient (Wildman–Crippen LogP) is 2.49. The van der Waals surface area contributed by atoms with Crippen LogP contribution in [0, 0.1) is 17.0 Å². The summed E-state index contributed by atoms with van der Waals surface area (Å²) < 4.78 is 33.6. The van der Waals surface area contributed by atoms with Crippen LogP contribution in [0.5, 0.6) is 0 Å². The Balaban J connectivity index is 1.73. The average molecular weight is 614 g/mol. The molecule has 3 atom stereocenters. The van der Waals surface area contributed by atoms with E-state index in [-0.39, 0.29) is 37.6 Å². The molecule has 1 aliphatic heterocycles. The lowest BCUT2D eigenvalue weighted by molar-refractivity contribution is -0.146. The maximum Gasteiger partial charge on any atom is 0.252 e. The number of hydrogen-bond acceptors (Lipinski definition) is 6. The van der Waals surface area contributed by atoms with Crippen molar-refractivity contribution in [2.24, 2.45) is 5.41 Å². The molecule has 2 aromatic carbocycles. The second-order valence-electron chi connectivity index (χ2n) is 11.7. The fraction of sp³-hybridized carbons (Fsp3) is 0.438. The van der Waals surface area contributed by atoms with E-state index in [2.05, 4.69) is 16.0 Å². The highest BCUT2D eigenvalue weighted by molar-refractivity contribution is 5.94. The number of carbonyl (C=O) groups excluding carboxylic acids is 4. The molecule has 0 saturated carbocycles. The van der Waals surface area contributed by atoms with Gasteiger partial charge in [0.05, 0.1) is 25.8 Å². The van der Waals surface area contributed by atoms with Crippen LogP contribution in [0.1, 0.15) is 38.8 Å². The predicted molar refractivity (Wildman–Crippen MR) is 161 cm³/mol. The van der Waals surface area contributed by atoms with Crippen LogP contribution in [-0.2, 0) is 36.9 Å². The van der Waals surface area contributed by atoms with E-state index in [0.717, 1.165) is 23.8 Å². The summed E-state index contributed by atoms with van der Waals surface area (Å²) in [5.74, 6) is -3.14. The number of ether oxygens (including phenoxy) is 1. The van der Waals surface area contributed by atoms with Crippen molar-refractivity contribution in [1.29, 1.82) is 0 Å². The van der Waals surface area contributed by atoms with E-state index in [1.807, 2.05) is 30.3 Å². The van der Waals surface area contributed by atoms with Crippen molar-refractivity contribution in [3.63, 3.8) is 0 Å². The van der Waals surface area contributed by atoms with Gasteiger partial charge < -0.3 is 30.5 Å². The Morgan fingerprint density at radius 1 is 1.02 bits per heavy atom. The zero-order valence-corrected chi connectivity index (χ0v) is 25.7. The first-order valence-electron chi connectivity index (χ1n) is 14.4. The smallest absolute Gasteiger partial charge is 0.252 e. The number of nitrogens with one attached hydrogen (secondary N) is 3. The van der Waals surface area contributed by atoms with Crippen molar-refractivity contribution in [2.75, 3.05) is 26.7 Å². The number of likely N-dealkylation sites (N-methyl/N-ethyl adjacent to an activating group) is 1. The van der Waals surface area contributed by atoms with Crippen LogP contribution < -0.4 is 16.0 Å². The molecule has 1 aliphatic rings. The number of halogens is 2. The summed E-state index contributed by atoms with van der Waals surface area (Å²) in [7, 11) is 1.63. The zero-order valence-electron chi connectivity index (χ0n) is 25.7. The second kappa shape index (κ2) is 15.5. The van der Waals surface area contributed by atoms with Gasteiger partial charge in [-0.2, -0.15) is 0 Å². The van der Waals surface area contributed by atoms with Crippen molar-refractivity contribution in [1.82, 2.24) is 25.8 Å². The Kier molecular flexibility index (Phi) is 12.1. The Bertz CT molecular complexity index is 1350. The average Bonchev–Trinajstić information content (AvgIpc) is 2.99. The van der Waals surface area contributed by atoms with Crippen molar-refractivity contribution in [3.8, 4) is 0 Å². The Morgan fingerprint density at radius 2 is 1.73 bits per heavy atom. The lowest BCUT2D eigenvalue weighted by Gasteiger charge is -2.36. The van der Waals surface area contributed by atoms with Gasteiger partial charge in [0.15, 0.2) is 0 Å². The molecule has 12 heteroatoms. The fourth-order valence-electron chi connectivity index (χ4n) is 4.50. The van der Waals surface area contributed by atoms with Crippen molar-refractivity contribution in [3.05, 3.63) is 83.7 Å². The van der Waals surface area contributed by atoms with E-state index in [4.69, 9.17) is 4.74 Å². The first kappa shape index (κ1) is 34.3. The SMILES string of the molecule is CN[C@@H](C)C(=O)N[C@H](C(=O)NCC(=O)N1C=CN(CCc2cc(F)ccc2F)C(=O)[C@@H]1COCc1ccccc1)C(C)(C)C. The van der Waals surface area contributed by atoms with Gasteiger partial charge in [-0.25, -0.2) is 8.78 Å². The minimum Gasteiger partial charge on any atom is -0.374 e. The van der Waals surface area contributed by atoms with Gasteiger partial charge in [0.2, 0.25) is 17.7 Å². The number of benzene rings is 2. The van der Waals surface area contributed by atoms with Crippen LogP contribution in [0.25, 0.3) is 0 Å². The quantitative estimate of drug-likeness (QED) is 0.320. The largest absolute Gasteiger partial charge is 0.374 e. The van der Waals surface area contributed by atoms with Gasteiger partial charge >= 0.3 is 0 Å². The normalized spacial score (nSPS) is 16.4. The van der Waals surface area contributed by atoms with Crippen LogP contribution in [-0.4, -0.2) is 78.3 Å². The summed E-state index contributed by atoms with van der Waals surface area (Å²) in [6.45, 7) is 6.68.